The maximum Gasteiger partial charge on any atom is 0.322 e. The van der Waals surface area contributed by atoms with Crippen LogP contribution in [0.3, 0.4) is 0 Å². The molecule has 0 bridgehead atoms. The Labute approximate surface area is 386 Å². The lowest BCUT2D eigenvalue weighted by Crippen LogP contribution is -2.33. The van der Waals surface area contributed by atoms with E-state index in [1.54, 1.807) is 44.5 Å². The molecule has 4 aliphatic rings. The first-order chi connectivity index (χ1) is 29.9. The molecule has 4 aromatic heterocycles. The van der Waals surface area contributed by atoms with Gasteiger partial charge >= 0.3 is 12.1 Å². The number of nitrogens with zero attached hydrogens (tertiary/aromatic N) is 10. The van der Waals surface area contributed by atoms with E-state index >= 15 is 0 Å². The van der Waals surface area contributed by atoms with Gasteiger partial charge in [-0.3, -0.25) is 0 Å². The summed E-state index contributed by atoms with van der Waals surface area (Å²) >= 11 is 2.14. The van der Waals surface area contributed by atoms with Gasteiger partial charge in [0.05, 0.1) is 30.6 Å². The largest absolute Gasteiger partial charge is 0.391 e. The van der Waals surface area contributed by atoms with Gasteiger partial charge in [-0.1, -0.05) is 27.8 Å². The van der Waals surface area contributed by atoms with E-state index in [2.05, 4.69) is 60.1 Å². The third-order valence-electron chi connectivity index (χ3n) is 12.2. The molecule has 15 nitrogen and oxygen atoms in total. The molecule has 8 heterocycles. The van der Waals surface area contributed by atoms with Crippen molar-refractivity contribution in [1.29, 1.82) is 0 Å². The second-order valence-corrected chi connectivity index (χ2v) is 18.0. The van der Waals surface area contributed by atoms with Crippen molar-refractivity contribution in [1.82, 2.24) is 39.0 Å². The van der Waals surface area contributed by atoms with Crippen LogP contribution in [0.15, 0.2) is 73.3 Å². The SMILES string of the molecule is C.C.Cc1cc(F)cc([C@H]2CCCN2c2ccn3ncc(NC(=O)N4CC[C@H](C)C4)c3n2)c1.O=C(Nc1cnn2ccc(N3CCC[C@@H]3c3cc(F)cc(I)c3)nc12)N1CC[C@H](O)C1. The van der Waals surface area contributed by atoms with E-state index in [9.17, 15) is 23.5 Å². The van der Waals surface area contributed by atoms with Gasteiger partial charge < -0.3 is 35.3 Å². The molecule has 4 amide bonds. The lowest BCUT2D eigenvalue weighted by Gasteiger charge is -2.26. The van der Waals surface area contributed by atoms with Crippen molar-refractivity contribution in [3.05, 3.63) is 105 Å². The summed E-state index contributed by atoms with van der Waals surface area (Å²) in [5.74, 6) is 1.66. The quantitative estimate of drug-likeness (QED) is 0.139. The summed E-state index contributed by atoms with van der Waals surface area (Å²) in [6, 6.07) is 13.9. The average Bonchev–Trinajstić information content (AvgIpc) is 4.11. The first-order valence-electron chi connectivity index (χ1n) is 21.2. The zero-order valence-electron chi connectivity index (χ0n) is 34.6. The molecule has 18 heteroatoms. The van der Waals surface area contributed by atoms with Crippen molar-refractivity contribution in [2.24, 2.45) is 5.92 Å². The van der Waals surface area contributed by atoms with Crippen LogP contribution in [0.1, 0.15) is 89.1 Å². The van der Waals surface area contributed by atoms with Crippen molar-refractivity contribution < 1.29 is 23.5 Å². The summed E-state index contributed by atoms with van der Waals surface area (Å²) in [6.45, 7) is 8.13. The van der Waals surface area contributed by atoms with Crippen LogP contribution in [0.5, 0.6) is 0 Å². The molecule has 2 aromatic carbocycles. The van der Waals surface area contributed by atoms with Gasteiger partial charge in [0, 0.05) is 55.2 Å². The number of halogens is 3. The number of likely N-dealkylation sites (tertiary alicyclic amines) is 2. The van der Waals surface area contributed by atoms with Crippen molar-refractivity contribution in [2.75, 3.05) is 59.7 Å². The molecular weight excluding hydrogens is 933 g/mol. The Morgan fingerprint density at radius 1 is 0.703 bits per heavy atom. The average molecular weight is 991 g/mol. The molecule has 3 N–H and O–H groups in total. The molecule has 4 aliphatic heterocycles. The first-order valence-corrected chi connectivity index (χ1v) is 22.3. The van der Waals surface area contributed by atoms with Gasteiger partial charge in [-0.15, -0.1) is 0 Å². The number of aromatic nitrogens is 6. The molecule has 6 aromatic rings. The smallest absolute Gasteiger partial charge is 0.322 e. The summed E-state index contributed by atoms with van der Waals surface area (Å²) in [5.41, 5.74) is 5.11. The molecule has 64 heavy (non-hydrogen) atoms. The highest BCUT2D eigenvalue weighted by atomic mass is 127. The number of carbonyl (C=O) groups is 2. The van der Waals surface area contributed by atoms with Crippen LogP contribution in [0, 0.1) is 28.0 Å². The van der Waals surface area contributed by atoms with E-state index in [1.807, 2.05) is 48.5 Å². The lowest BCUT2D eigenvalue weighted by molar-refractivity contribution is 0.176. The van der Waals surface area contributed by atoms with Gasteiger partial charge in [-0.2, -0.15) is 10.2 Å². The molecule has 0 radical (unpaired) electrons. The van der Waals surface area contributed by atoms with E-state index in [0.717, 1.165) is 90.2 Å². The fourth-order valence-corrected chi connectivity index (χ4v) is 9.81. The zero-order chi connectivity index (χ0) is 43.1. The highest BCUT2D eigenvalue weighted by Crippen LogP contribution is 2.38. The minimum Gasteiger partial charge on any atom is -0.391 e. The summed E-state index contributed by atoms with van der Waals surface area (Å²) in [4.78, 5) is 42.6. The molecule has 4 saturated heterocycles. The van der Waals surface area contributed by atoms with E-state index in [0.29, 0.717) is 48.1 Å². The van der Waals surface area contributed by atoms with Crippen LogP contribution in [0.25, 0.3) is 11.3 Å². The maximum absolute atomic E-state index is 14.0. The Balaban J connectivity index is 0.000000186. The Kier molecular flexibility index (Phi) is 14.2. The summed E-state index contributed by atoms with van der Waals surface area (Å²) in [6.07, 6.45) is 11.9. The first kappa shape index (κ1) is 46.4. The minimum atomic E-state index is -0.475. The molecule has 0 spiro atoms. The molecule has 0 saturated carbocycles. The number of aliphatic hydroxyl groups excluding tert-OH is 1. The molecule has 4 fully saturated rings. The number of urea groups is 2. The molecule has 4 atom stereocenters. The summed E-state index contributed by atoms with van der Waals surface area (Å²) < 4.78 is 32.2. The molecule has 0 unspecified atom stereocenters. The van der Waals surface area contributed by atoms with Crippen LogP contribution >= 0.6 is 22.6 Å². The fourth-order valence-electron chi connectivity index (χ4n) is 9.15. The van der Waals surface area contributed by atoms with Gasteiger partial charge in [0.25, 0.3) is 0 Å². The Morgan fingerprint density at radius 2 is 1.22 bits per heavy atom. The number of nitrogens with one attached hydrogen (secondary N) is 2. The Hall–Kier alpha value is -5.63. The van der Waals surface area contributed by atoms with Crippen molar-refractivity contribution >= 4 is 69.0 Å². The maximum atomic E-state index is 14.0. The van der Waals surface area contributed by atoms with Crippen molar-refractivity contribution in [2.45, 2.75) is 85.4 Å². The second kappa shape index (κ2) is 19.6. The van der Waals surface area contributed by atoms with Gasteiger partial charge in [0.15, 0.2) is 11.3 Å². The fraction of sp³-hybridized carbons (Fsp3) is 0.435. The van der Waals surface area contributed by atoms with Gasteiger partial charge in [0.1, 0.15) is 34.6 Å². The molecule has 0 aliphatic carbocycles. The van der Waals surface area contributed by atoms with E-state index in [-0.39, 0.29) is 50.6 Å². The van der Waals surface area contributed by atoms with E-state index in [1.165, 1.54) is 6.07 Å². The number of hydrogen-bond acceptors (Lipinski definition) is 9. The Bertz CT molecular complexity index is 2410. The second-order valence-electron chi connectivity index (χ2n) is 16.8. The van der Waals surface area contributed by atoms with Crippen LogP contribution in [0.2, 0.25) is 0 Å². The van der Waals surface area contributed by atoms with Crippen LogP contribution in [-0.2, 0) is 0 Å². The van der Waals surface area contributed by atoms with E-state index in [4.69, 9.17) is 9.97 Å². The third kappa shape index (κ3) is 9.86. The van der Waals surface area contributed by atoms with Gasteiger partial charge in [0.2, 0.25) is 0 Å². The molecule has 340 valence electrons. The van der Waals surface area contributed by atoms with E-state index < -0.39 is 6.10 Å². The van der Waals surface area contributed by atoms with Crippen LogP contribution in [0.4, 0.5) is 41.4 Å². The zero-order valence-corrected chi connectivity index (χ0v) is 36.8. The van der Waals surface area contributed by atoms with Crippen molar-refractivity contribution in [3.8, 4) is 0 Å². The van der Waals surface area contributed by atoms with Crippen LogP contribution in [-0.4, -0.2) is 102 Å². The Morgan fingerprint density at radius 3 is 1.70 bits per heavy atom. The summed E-state index contributed by atoms with van der Waals surface area (Å²) in [7, 11) is 0. The number of β-amino-alcohol motifs (C(OH)–C–C–N with tert-alkyl or cyclic N) is 1. The number of fused-ring (bicyclic) bond motifs is 2. The molecule has 10 rings (SSSR count). The number of aliphatic hydroxyl groups is 1. The number of hydrogen-bond donors (Lipinski definition) is 3. The predicted octanol–water partition coefficient (Wildman–Crippen LogP) is 9.08. The standard InChI is InChI=1S/C23H27FN6O.C21H22FIN6O2.2CH4/c1-15-5-8-28(14-15)23(31)26-19-13-25-30-9-6-21(27-22(19)30)29-7-3-4-20(29)17-10-16(2)11-18(24)12-17;22-14-8-13(9-15(23)10-14)18-2-1-5-28(18)19-4-7-29-20(26-19)17(11-24-29)25-21(31)27-6-3-16(30)12-27;;/h6,9-13,15,20H,3-5,7-8,14H2,1-2H3,(H,26,31);4,7-11,16,18,30H,1-3,5-6,12H2,(H,25,31);2*1H4/t15-,20+;16-,18+;;/m00../s1. The predicted molar refractivity (Wildman–Crippen MR) is 254 cm³/mol. The number of anilines is 4. The molecular formula is C46H57F2IN12O3. The number of aryl methyl sites for hydroxylation is 1. The number of rotatable bonds is 6. The van der Waals surface area contributed by atoms with Gasteiger partial charge in [-0.05, 0) is 133 Å². The number of carbonyl (C=O) groups excluding carboxylic acids is 2. The number of benzene rings is 2. The highest BCUT2D eigenvalue weighted by molar-refractivity contribution is 14.1. The normalized spacial score (nSPS) is 20.6. The van der Waals surface area contributed by atoms with Crippen molar-refractivity contribution in [3.63, 3.8) is 0 Å². The topological polar surface area (TPSA) is 152 Å². The minimum absolute atomic E-state index is 0. The van der Waals surface area contributed by atoms with Gasteiger partial charge in [-0.25, -0.2) is 37.4 Å². The number of amides is 4. The highest BCUT2D eigenvalue weighted by Gasteiger charge is 2.31. The monoisotopic (exact) mass is 990 g/mol. The third-order valence-corrected chi connectivity index (χ3v) is 12.8. The lowest BCUT2D eigenvalue weighted by atomic mass is 10.0. The van der Waals surface area contributed by atoms with Crippen LogP contribution < -0.4 is 20.4 Å². The summed E-state index contributed by atoms with van der Waals surface area (Å²) in [5, 5.41) is 24.1.